The zero-order chi connectivity index (χ0) is 10.5. The maximum Gasteiger partial charge on any atom is 0.198 e. The van der Waals surface area contributed by atoms with E-state index in [4.69, 9.17) is 4.42 Å². The number of ketones is 1. The molecule has 0 aromatic carbocycles. The van der Waals surface area contributed by atoms with Gasteiger partial charge in [0.15, 0.2) is 11.5 Å². The number of rotatable bonds is 3. The summed E-state index contributed by atoms with van der Waals surface area (Å²) in [5, 5.41) is 0. The second kappa shape index (κ2) is 5.15. The Labute approximate surface area is 90.7 Å². The number of furan rings is 1. The minimum atomic E-state index is 0.173. The number of hydrogen-bond acceptors (Lipinski definition) is 2. The Morgan fingerprint density at radius 2 is 2.00 bits per heavy atom. The largest absolute Gasteiger partial charge is 0.461 e. The summed E-state index contributed by atoms with van der Waals surface area (Å²) in [7, 11) is 0. The molecule has 1 aromatic heterocycles. The first-order valence-electron chi connectivity index (χ1n) is 5.93. The number of carbonyl (C=O) groups is 1. The molecule has 0 amide bonds. The minimum absolute atomic E-state index is 0.173. The van der Waals surface area contributed by atoms with Crippen LogP contribution in [0.15, 0.2) is 22.8 Å². The van der Waals surface area contributed by atoms with Gasteiger partial charge in [0.25, 0.3) is 0 Å². The van der Waals surface area contributed by atoms with Crippen LogP contribution in [0.25, 0.3) is 0 Å². The van der Waals surface area contributed by atoms with Crippen LogP contribution in [-0.2, 0) is 0 Å². The van der Waals surface area contributed by atoms with E-state index in [1.54, 1.807) is 18.4 Å². The van der Waals surface area contributed by atoms with Crippen molar-refractivity contribution in [2.24, 2.45) is 5.92 Å². The molecule has 1 heterocycles. The van der Waals surface area contributed by atoms with E-state index in [0.29, 0.717) is 18.1 Å². The van der Waals surface area contributed by atoms with Gasteiger partial charge in [-0.3, -0.25) is 4.79 Å². The Bertz CT molecular complexity index is 292. The average Bonchev–Trinajstić information content (AvgIpc) is 2.65. The smallest absolute Gasteiger partial charge is 0.198 e. The lowest BCUT2D eigenvalue weighted by Gasteiger charge is -2.11. The van der Waals surface area contributed by atoms with Gasteiger partial charge >= 0.3 is 0 Å². The fourth-order valence-corrected chi connectivity index (χ4v) is 2.37. The van der Waals surface area contributed by atoms with Crippen molar-refractivity contribution in [2.75, 3.05) is 0 Å². The molecule has 0 spiro atoms. The predicted molar refractivity (Wildman–Crippen MR) is 58.8 cm³/mol. The summed E-state index contributed by atoms with van der Waals surface area (Å²) in [6.07, 6.45) is 9.93. The standard InChI is InChI=1S/C13H18O2/c14-12(13-8-5-9-15-13)10-11-6-3-1-2-4-7-11/h5,8-9,11H,1-4,6-7,10H2. The summed E-state index contributed by atoms with van der Waals surface area (Å²) in [4.78, 5) is 11.8. The van der Waals surface area contributed by atoms with Crippen molar-refractivity contribution >= 4 is 5.78 Å². The van der Waals surface area contributed by atoms with Gasteiger partial charge in [0, 0.05) is 6.42 Å². The first-order valence-corrected chi connectivity index (χ1v) is 5.93. The second-order valence-corrected chi connectivity index (χ2v) is 4.46. The van der Waals surface area contributed by atoms with E-state index < -0.39 is 0 Å². The van der Waals surface area contributed by atoms with E-state index in [1.165, 1.54) is 38.5 Å². The summed E-state index contributed by atoms with van der Waals surface area (Å²) in [5.74, 6) is 1.29. The fraction of sp³-hybridized carbons (Fsp3) is 0.615. The summed E-state index contributed by atoms with van der Waals surface area (Å²) >= 11 is 0. The van der Waals surface area contributed by atoms with Gasteiger partial charge in [-0.25, -0.2) is 0 Å². The van der Waals surface area contributed by atoms with Crippen LogP contribution in [0.5, 0.6) is 0 Å². The van der Waals surface area contributed by atoms with E-state index >= 15 is 0 Å². The quantitative estimate of drug-likeness (QED) is 0.556. The van der Waals surface area contributed by atoms with Crippen molar-refractivity contribution in [1.82, 2.24) is 0 Å². The SMILES string of the molecule is O=C(CC1CCCCCC1)c1ccco1. The van der Waals surface area contributed by atoms with Crippen molar-refractivity contribution < 1.29 is 9.21 Å². The molecule has 2 heteroatoms. The van der Waals surface area contributed by atoms with Gasteiger partial charge in [-0.05, 0) is 18.1 Å². The third kappa shape index (κ3) is 2.95. The molecule has 2 rings (SSSR count). The highest BCUT2D eigenvalue weighted by Crippen LogP contribution is 2.26. The first-order chi connectivity index (χ1) is 7.36. The minimum Gasteiger partial charge on any atom is -0.461 e. The molecule has 1 aliphatic carbocycles. The third-order valence-electron chi connectivity index (χ3n) is 3.24. The summed E-state index contributed by atoms with van der Waals surface area (Å²) in [5.41, 5.74) is 0. The van der Waals surface area contributed by atoms with Crippen LogP contribution in [0, 0.1) is 5.92 Å². The molecule has 0 N–H and O–H groups in total. The normalized spacial score (nSPS) is 18.7. The van der Waals surface area contributed by atoms with Crippen LogP contribution >= 0.6 is 0 Å². The number of hydrogen-bond donors (Lipinski definition) is 0. The highest BCUT2D eigenvalue weighted by molar-refractivity contribution is 5.93. The van der Waals surface area contributed by atoms with Crippen molar-refractivity contribution in [3.63, 3.8) is 0 Å². The molecule has 2 nitrogen and oxygen atoms in total. The van der Waals surface area contributed by atoms with Crippen molar-refractivity contribution in [1.29, 1.82) is 0 Å². The van der Waals surface area contributed by atoms with E-state index in [2.05, 4.69) is 0 Å². The van der Waals surface area contributed by atoms with Crippen molar-refractivity contribution in [3.8, 4) is 0 Å². The molecule has 0 unspecified atom stereocenters. The van der Waals surface area contributed by atoms with Gasteiger partial charge in [0.2, 0.25) is 0 Å². The average molecular weight is 206 g/mol. The number of carbonyl (C=O) groups excluding carboxylic acids is 1. The molecule has 1 fully saturated rings. The van der Waals surface area contributed by atoms with Crippen LogP contribution in [-0.4, -0.2) is 5.78 Å². The Kier molecular flexibility index (Phi) is 3.59. The fourth-order valence-electron chi connectivity index (χ4n) is 2.37. The molecule has 0 aliphatic heterocycles. The van der Waals surface area contributed by atoms with Crippen LogP contribution in [0.3, 0.4) is 0 Å². The molecule has 1 aliphatic rings. The Morgan fingerprint density at radius 1 is 1.27 bits per heavy atom. The molecular formula is C13H18O2. The van der Waals surface area contributed by atoms with Gasteiger partial charge in [-0.1, -0.05) is 38.5 Å². The molecule has 0 atom stereocenters. The highest BCUT2D eigenvalue weighted by atomic mass is 16.3. The molecule has 0 radical (unpaired) electrons. The Balaban J connectivity index is 1.87. The van der Waals surface area contributed by atoms with E-state index in [9.17, 15) is 4.79 Å². The maximum absolute atomic E-state index is 11.8. The zero-order valence-corrected chi connectivity index (χ0v) is 9.08. The van der Waals surface area contributed by atoms with Gasteiger partial charge in [-0.2, -0.15) is 0 Å². The zero-order valence-electron chi connectivity index (χ0n) is 9.08. The molecule has 0 saturated heterocycles. The second-order valence-electron chi connectivity index (χ2n) is 4.46. The summed E-state index contributed by atoms with van der Waals surface area (Å²) in [6, 6.07) is 3.54. The van der Waals surface area contributed by atoms with Gasteiger partial charge in [-0.15, -0.1) is 0 Å². The molecule has 15 heavy (non-hydrogen) atoms. The topological polar surface area (TPSA) is 30.2 Å². The van der Waals surface area contributed by atoms with E-state index in [0.717, 1.165) is 0 Å². The first kappa shape index (κ1) is 10.5. The lowest BCUT2D eigenvalue weighted by Crippen LogP contribution is -2.07. The van der Waals surface area contributed by atoms with Crippen LogP contribution in [0.4, 0.5) is 0 Å². The summed E-state index contributed by atoms with van der Waals surface area (Å²) in [6.45, 7) is 0. The van der Waals surface area contributed by atoms with Crippen molar-refractivity contribution in [3.05, 3.63) is 24.2 Å². The molecule has 82 valence electrons. The molecule has 1 saturated carbocycles. The van der Waals surface area contributed by atoms with E-state index in [1.807, 2.05) is 0 Å². The monoisotopic (exact) mass is 206 g/mol. The molecule has 0 bridgehead atoms. The predicted octanol–water partition coefficient (Wildman–Crippen LogP) is 3.82. The molecular weight excluding hydrogens is 188 g/mol. The van der Waals surface area contributed by atoms with Gasteiger partial charge < -0.3 is 4.42 Å². The van der Waals surface area contributed by atoms with Gasteiger partial charge in [0.05, 0.1) is 6.26 Å². The van der Waals surface area contributed by atoms with Crippen molar-refractivity contribution in [2.45, 2.75) is 44.9 Å². The highest BCUT2D eigenvalue weighted by Gasteiger charge is 2.18. The maximum atomic E-state index is 11.8. The summed E-state index contributed by atoms with van der Waals surface area (Å²) < 4.78 is 5.12. The van der Waals surface area contributed by atoms with Crippen LogP contribution in [0.2, 0.25) is 0 Å². The van der Waals surface area contributed by atoms with Gasteiger partial charge in [0.1, 0.15) is 0 Å². The van der Waals surface area contributed by atoms with Crippen LogP contribution in [0.1, 0.15) is 55.5 Å². The third-order valence-corrected chi connectivity index (χ3v) is 3.24. The lowest BCUT2D eigenvalue weighted by molar-refractivity contribution is 0.0929. The van der Waals surface area contributed by atoms with E-state index in [-0.39, 0.29) is 5.78 Å². The lowest BCUT2D eigenvalue weighted by atomic mass is 9.94. The Morgan fingerprint density at radius 3 is 2.60 bits per heavy atom. The number of Topliss-reactive ketones (excluding diaryl/α,β-unsaturated/α-hetero) is 1. The Hall–Kier alpha value is -1.05. The van der Waals surface area contributed by atoms with Crippen LogP contribution < -0.4 is 0 Å². The molecule has 1 aromatic rings.